The molecular formula is C12H12Br2N2S. The lowest BCUT2D eigenvalue weighted by molar-refractivity contribution is 0.805. The van der Waals surface area contributed by atoms with Crippen LogP contribution in [0, 0.1) is 0 Å². The van der Waals surface area contributed by atoms with E-state index in [1.165, 1.54) is 4.88 Å². The second-order valence-electron chi connectivity index (χ2n) is 3.58. The van der Waals surface area contributed by atoms with Crippen molar-refractivity contribution >= 4 is 48.9 Å². The molecule has 90 valence electrons. The lowest BCUT2D eigenvalue weighted by Crippen LogP contribution is -2.19. The van der Waals surface area contributed by atoms with Gasteiger partial charge in [0.2, 0.25) is 0 Å². The van der Waals surface area contributed by atoms with Crippen LogP contribution in [-0.4, -0.2) is 6.54 Å². The summed E-state index contributed by atoms with van der Waals surface area (Å²) in [4.78, 5) is 1.23. The standard InChI is InChI=1S/C12H12Br2N2S/c13-8-5-12(17-7-8)11(6-15)16-10-4-2-1-3-9(10)14/h1-5,7,11,16H,6,15H2. The van der Waals surface area contributed by atoms with Crippen LogP contribution in [0.5, 0.6) is 0 Å². The second-order valence-corrected chi connectivity index (χ2v) is 6.29. The molecule has 0 aliphatic heterocycles. The van der Waals surface area contributed by atoms with Crippen molar-refractivity contribution in [1.29, 1.82) is 0 Å². The lowest BCUT2D eigenvalue weighted by atomic mass is 10.2. The zero-order chi connectivity index (χ0) is 12.3. The van der Waals surface area contributed by atoms with E-state index >= 15 is 0 Å². The van der Waals surface area contributed by atoms with Crippen LogP contribution in [0.1, 0.15) is 10.9 Å². The molecule has 0 spiro atoms. The maximum absolute atomic E-state index is 5.83. The Labute approximate surface area is 121 Å². The van der Waals surface area contributed by atoms with Crippen molar-refractivity contribution in [3.63, 3.8) is 0 Å². The number of halogens is 2. The molecule has 0 radical (unpaired) electrons. The normalized spacial score (nSPS) is 12.4. The summed E-state index contributed by atoms with van der Waals surface area (Å²) in [5.41, 5.74) is 6.89. The lowest BCUT2D eigenvalue weighted by Gasteiger charge is -2.17. The van der Waals surface area contributed by atoms with Crippen molar-refractivity contribution in [2.24, 2.45) is 5.73 Å². The molecule has 5 heteroatoms. The van der Waals surface area contributed by atoms with E-state index < -0.39 is 0 Å². The van der Waals surface area contributed by atoms with E-state index in [1.807, 2.05) is 24.3 Å². The van der Waals surface area contributed by atoms with Crippen molar-refractivity contribution in [3.05, 3.63) is 49.5 Å². The minimum absolute atomic E-state index is 0.144. The van der Waals surface area contributed by atoms with Crippen LogP contribution in [0.3, 0.4) is 0 Å². The summed E-state index contributed by atoms with van der Waals surface area (Å²) in [5, 5.41) is 5.51. The third kappa shape index (κ3) is 3.31. The Morgan fingerprint density at radius 2 is 2.06 bits per heavy atom. The summed E-state index contributed by atoms with van der Waals surface area (Å²) in [7, 11) is 0. The minimum Gasteiger partial charge on any atom is -0.375 e. The van der Waals surface area contributed by atoms with Gasteiger partial charge in [0.25, 0.3) is 0 Å². The van der Waals surface area contributed by atoms with Crippen LogP contribution in [-0.2, 0) is 0 Å². The second kappa shape index (κ2) is 6.00. The number of thiophene rings is 1. The highest BCUT2D eigenvalue weighted by atomic mass is 79.9. The first-order valence-electron chi connectivity index (χ1n) is 5.16. The van der Waals surface area contributed by atoms with Crippen molar-refractivity contribution in [1.82, 2.24) is 0 Å². The summed E-state index contributed by atoms with van der Waals surface area (Å²) in [6, 6.07) is 10.3. The molecule has 0 aliphatic rings. The number of rotatable bonds is 4. The van der Waals surface area contributed by atoms with Crippen LogP contribution < -0.4 is 11.1 Å². The Bertz CT molecular complexity index is 499. The Balaban J connectivity index is 2.18. The highest BCUT2D eigenvalue weighted by Crippen LogP contribution is 2.30. The van der Waals surface area contributed by atoms with E-state index in [0.717, 1.165) is 14.6 Å². The monoisotopic (exact) mass is 374 g/mol. The third-order valence-corrected chi connectivity index (χ3v) is 4.87. The van der Waals surface area contributed by atoms with Gasteiger partial charge in [0, 0.05) is 31.4 Å². The first-order chi connectivity index (χ1) is 8.20. The number of hydrogen-bond acceptors (Lipinski definition) is 3. The molecule has 1 atom stereocenters. The first kappa shape index (κ1) is 13.1. The molecule has 0 amide bonds. The van der Waals surface area contributed by atoms with Gasteiger partial charge in [0.15, 0.2) is 0 Å². The maximum Gasteiger partial charge on any atom is 0.0729 e. The summed E-state index contributed by atoms with van der Waals surface area (Å²) in [6.45, 7) is 0.564. The van der Waals surface area contributed by atoms with E-state index in [9.17, 15) is 0 Å². The molecule has 0 aliphatic carbocycles. The predicted octanol–water partition coefficient (Wildman–Crippen LogP) is 4.39. The molecule has 0 saturated heterocycles. The molecular weight excluding hydrogens is 364 g/mol. The molecule has 0 bridgehead atoms. The van der Waals surface area contributed by atoms with E-state index in [4.69, 9.17) is 5.73 Å². The van der Waals surface area contributed by atoms with E-state index in [-0.39, 0.29) is 6.04 Å². The Hall–Kier alpha value is -0.360. The van der Waals surface area contributed by atoms with Gasteiger partial charge in [-0.3, -0.25) is 0 Å². The first-order valence-corrected chi connectivity index (χ1v) is 7.62. The number of anilines is 1. The summed E-state index contributed by atoms with van der Waals surface area (Å²) < 4.78 is 2.15. The molecule has 2 nitrogen and oxygen atoms in total. The summed E-state index contributed by atoms with van der Waals surface area (Å²) >= 11 is 8.69. The van der Waals surface area contributed by atoms with Gasteiger partial charge in [-0.05, 0) is 50.1 Å². The smallest absolute Gasteiger partial charge is 0.0729 e. The zero-order valence-electron chi connectivity index (χ0n) is 8.99. The van der Waals surface area contributed by atoms with Crippen molar-refractivity contribution in [2.75, 3.05) is 11.9 Å². The van der Waals surface area contributed by atoms with E-state index in [2.05, 4.69) is 48.6 Å². The minimum atomic E-state index is 0.144. The molecule has 2 rings (SSSR count). The Morgan fingerprint density at radius 3 is 2.65 bits per heavy atom. The highest BCUT2D eigenvalue weighted by Gasteiger charge is 2.12. The van der Waals surface area contributed by atoms with Gasteiger partial charge >= 0.3 is 0 Å². The average Bonchev–Trinajstić information content (AvgIpc) is 2.75. The van der Waals surface area contributed by atoms with Gasteiger partial charge in [-0.2, -0.15) is 0 Å². The topological polar surface area (TPSA) is 38.0 Å². The van der Waals surface area contributed by atoms with Crippen molar-refractivity contribution in [3.8, 4) is 0 Å². The van der Waals surface area contributed by atoms with Crippen LogP contribution in [0.15, 0.2) is 44.7 Å². The number of nitrogens with one attached hydrogen (secondary N) is 1. The van der Waals surface area contributed by atoms with Gasteiger partial charge < -0.3 is 11.1 Å². The summed E-state index contributed by atoms with van der Waals surface area (Å²) in [6.07, 6.45) is 0. The third-order valence-electron chi connectivity index (χ3n) is 2.37. The maximum atomic E-state index is 5.83. The molecule has 0 fully saturated rings. The molecule has 1 aromatic carbocycles. The van der Waals surface area contributed by atoms with Crippen LogP contribution in [0.4, 0.5) is 5.69 Å². The van der Waals surface area contributed by atoms with E-state index in [0.29, 0.717) is 6.54 Å². The van der Waals surface area contributed by atoms with Gasteiger partial charge in [-0.1, -0.05) is 12.1 Å². The Morgan fingerprint density at radius 1 is 1.29 bits per heavy atom. The van der Waals surface area contributed by atoms with Gasteiger partial charge in [0.1, 0.15) is 0 Å². The largest absolute Gasteiger partial charge is 0.375 e. The van der Waals surface area contributed by atoms with Crippen molar-refractivity contribution < 1.29 is 0 Å². The predicted molar refractivity (Wildman–Crippen MR) is 81.6 cm³/mol. The van der Waals surface area contributed by atoms with Gasteiger partial charge in [-0.25, -0.2) is 0 Å². The molecule has 3 N–H and O–H groups in total. The molecule has 0 saturated carbocycles. The number of benzene rings is 1. The fourth-order valence-corrected chi connectivity index (χ4v) is 3.43. The highest BCUT2D eigenvalue weighted by molar-refractivity contribution is 9.10. The number of nitrogens with two attached hydrogens (primary N) is 1. The van der Waals surface area contributed by atoms with E-state index in [1.54, 1.807) is 11.3 Å². The number of hydrogen-bond donors (Lipinski definition) is 2. The zero-order valence-corrected chi connectivity index (χ0v) is 13.0. The van der Waals surface area contributed by atoms with Crippen LogP contribution in [0.2, 0.25) is 0 Å². The molecule has 1 aromatic heterocycles. The molecule has 17 heavy (non-hydrogen) atoms. The Kier molecular flexibility index (Phi) is 4.62. The fraction of sp³-hybridized carbons (Fsp3) is 0.167. The summed E-state index contributed by atoms with van der Waals surface area (Å²) in [5.74, 6) is 0. The molecule has 2 aromatic rings. The average molecular weight is 376 g/mol. The van der Waals surface area contributed by atoms with Crippen molar-refractivity contribution in [2.45, 2.75) is 6.04 Å². The van der Waals surface area contributed by atoms with Crippen LogP contribution in [0.25, 0.3) is 0 Å². The fourth-order valence-electron chi connectivity index (χ4n) is 1.52. The number of para-hydroxylation sites is 1. The SMILES string of the molecule is NCC(Nc1ccccc1Br)c1cc(Br)cs1. The molecule has 1 unspecified atom stereocenters. The quantitative estimate of drug-likeness (QED) is 0.831. The van der Waals surface area contributed by atoms with Crippen LogP contribution >= 0.6 is 43.2 Å². The van der Waals surface area contributed by atoms with Gasteiger partial charge in [0.05, 0.1) is 6.04 Å². The molecule has 1 heterocycles. The van der Waals surface area contributed by atoms with Gasteiger partial charge in [-0.15, -0.1) is 11.3 Å².